The Labute approximate surface area is 161 Å². The average molecular weight is 376 g/mol. The molecule has 0 atom stereocenters. The van der Waals surface area contributed by atoms with E-state index in [0.717, 1.165) is 22.6 Å². The fraction of sp³-hybridized carbons (Fsp3) is 0.250. The van der Waals surface area contributed by atoms with Crippen molar-refractivity contribution in [2.24, 2.45) is 0 Å². The molecule has 8 heteroatoms. The van der Waals surface area contributed by atoms with Crippen molar-refractivity contribution in [2.45, 2.75) is 6.92 Å². The minimum absolute atomic E-state index is 0.183. The number of aromatic amines is 1. The molecule has 142 valence electrons. The predicted molar refractivity (Wildman–Crippen MR) is 105 cm³/mol. The fourth-order valence-electron chi connectivity index (χ4n) is 3.26. The van der Waals surface area contributed by atoms with E-state index in [2.05, 4.69) is 38.3 Å². The van der Waals surface area contributed by atoms with Crippen LogP contribution in [0.3, 0.4) is 0 Å². The van der Waals surface area contributed by atoms with Crippen molar-refractivity contribution in [2.75, 3.05) is 31.1 Å². The molecule has 0 radical (unpaired) electrons. The molecule has 0 spiro atoms. The van der Waals surface area contributed by atoms with Crippen LogP contribution in [0.5, 0.6) is 0 Å². The molecule has 0 bridgehead atoms. The maximum Gasteiger partial charge on any atom is 0.274 e. The summed E-state index contributed by atoms with van der Waals surface area (Å²) >= 11 is 0. The molecule has 1 aliphatic heterocycles. The first kappa shape index (κ1) is 17.8. The summed E-state index contributed by atoms with van der Waals surface area (Å²) in [5.41, 5.74) is 3.00. The minimum atomic E-state index is -0.325. The number of carbonyl (C=O) groups is 1. The Bertz CT molecular complexity index is 1020. The van der Waals surface area contributed by atoms with E-state index >= 15 is 0 Å². The molecule has 1 fully saturated rings. The number of aryl methyl sites for hydroxylation is 1. The van der Waals surface area contributed by atoms with Gasteiger partial charge < -0.3 is 9.80 Å². The monoisotopic (exact) mass is 376 g/mol. The highest BCUT2D eigenvalue weighted by molar-refractivity contribution is 5.92. The van der Waals surface area contributed by atoms with Gasteiger partial charge in [-0.15, -0.1) is 10.2 Å². The van der Waals surface area contributed by atoms with E-state index in [0.29, 0.717) is 26.2 Å². The lowest BCUT2D eigenvalue weighted by molar-refractivity contribution is 0.0739. The van der Waals surface area contributed by atoms with Crippen LogP contribution in [0.1, 0.15) is 16.1 Å². The molecule has 1 saturated heterocycles. The van der Waals surface area contributed by atoms with Gasteiger partial charge in [-0.05, 0) is 30.7 Å². The Morgan fingerprint density at radius 1 is 0.964 bits per heavy atom. The van der Waals surface area contributed by atoms with E-state index in [1.54, 1.807) is 4.90 Å². The number of rotatable bonds is 3. The van der Waals surface area contributed by atoms with Gasteiger partial charge in [-0.25, -0.2) is 5.10 Å². The molecule has 2 aromatic heterocycles. The van der Waals surface area contributed by atoms with Crippen LogP contribution in [0.15, 0.2) is 53.3 Å². The maximum atomic E-state index is 12.5. The summed E-state index contributed by atoms with van der Waals surface area (Å²) in [6.07, 6.45) is 0. The van der Waals surface area contributed by atoms with Crippen LogP contribution in [0.25, 0.3) is 11.3 Å². The van der Waals surface area contributed by atoms with E-state index in [9.17, 15) is 9.59 Å². The van der Waals surface area contributed by atoms with Gasteiger partial charge >= 0.3 is 0 Å². The second-order valence-corrected chi connectivity index (χ2v) is 6.68. The minimum Gasteiger partial charge on any atom is -0.352 e. The van der Waals surface area contributed by atoms with Crippen molar-refractivity contribution in [3.63, 3.8) is 0 Å². The van der Waals surface area contributed by atoms with Crippen molar-refractivity contribution in [1.82, 2.24) is 25.3 Å². The van der Waals surface area contributed by atoms with Crippen molar-refractivity contribution in [1.29, 1.82) is 0 Å². The highest BCUT2D eigenvalue weighted by atomic mass is 16.2. The fourth-order valence-corrected chi connectivity index (χ4v) is 3.26. The lowest BCUT2D eigenvalue weighted by Gasteiger charge is -2.34. The molecular formula is C20H20N6O2. The zero-order valence-corrected chi connectivity index (χ0v) is 15.5. The number of amides is 1. The molecule has 1 N–H and O–H groups in total. The summed E-state index contributed by atoms with van der Waals surface area (Å²) in [5.74, 6) is 0.614. The summed E-state index contributed by atoms with van der Waals surface area (Å²) in [6, 6.07) is 14.8. The van der Waals surface area contributed by atoms with Gasteiger partial charge in [0.1, 0.15) is 5.69 Å². The summed E-state index contributed by atoms with van der Waals surface area (Å²) in [6.45, 7) is 4.49. The normalized spacial score (nSPS) is 14.2. The smallest absolute Gasteiger partial charge is 0.274 e. The van der Waals surface area contributed by atoms with E-state index in [1.807, 2.05) is 30.3 Å². The van der Waals surface area contributed by atoms with Gasteiger partial charge in [-0.2, -0.15) is 5.10 Å². The first-order valence-electron chi connectivity index (χ1n) is 9.11. The van der Waals surface area contributed by atoms with Gasteiger partial charge in [0.05, 0.1) is 5.69 Å². The Morgan fingerprint density at radius 3 is 2.39 bits per heavy atom. The molecule has 0 aliphatic carbocycles. The van der Waals surface area contributed by atoms with Gasteiger partial charge in [-0.1, -0.05) is 24.3 Å². The largest absolute Gasteiger partial charge is 0.352 e. The van der Waals surface area contributed by atoms with Crippen molar-refractivity contribution in [3.05, 3.63) is 70.1 Å². The second kappa shape index (κ2) is 7.59. The summed E-state index contributed by atoms with van der Waals surface area (Å²) in [4.78, 5) is 27.4. The van der Waals surface area contributed by atoms with Crippen LogP contribution < -0.4 is 10.5 Å². The number of piperazine rings is 1. The standard InChI is InChI=1S/C20H20N6O2/c1-14-4-2-3-5-15(14)16-6-8-18(23-21-16)25-10-12-26(13-11-25)20(28)17-7-9-19(27)24-22-17/h2-9H,10-13H2,1H3,(H,24,27). The Kier molecular flexibility index (Phi) is 4.84. The number of hydrogen-bond acceptors (Lipinski definition) is 6. The van der Waals surface area contributed by atoms with Crippen LogP contribution in [-0.2, 0) is 0 Å². The average Bonchev–Trinajstić information content (AvgIpc) is 2.74. The Hall–Kier alpha value is -3.55. The van der Waals surface area contributed by atoms with E-state index in [-0.39, 0.29) is 17.2 Å². The number of nitrogens with zero attached hydrogens (tertiary/aromatic N) is 5. The molecule has 0 saturated carbocycles. The summed E-state index contributed by atoms with van der Waals surface area (Å²) in [5, 5.41) is 14.9. The first-order valence-corrected chi connectivity index (χ1v) is 9.11. The number of carbonyl (C=O) groups excluding carboxylic acids is 1. The number of benzene rings is 1. The second-order valence-electron chi connectivity index (χ2n) is 6.68. The van der Waals surface area contributed by atoms with Gasteiger partial charge in [-0.3, -0.25) is 9.59 Å². The van der Waals surface area contributed by atoms with Gasteiger partial charge in [0.2, 0.25) is 0 Å². The molecule has 1 amide bonds. The van der Waals surface area contributed by atoms with Crippen LogP contribution in [0, 0.1) is 6.92 Å². The van der Waals surface area contributed by atoms with E-state index < -0.39 is 0 Å². The lowest BCUT2D eigenvalue weighted by atomic mass is 10.1. The Morgan fingerprint density at radius 2 is 1.75 bits per heavy atom. The molecule has 3 aromatic rings. The number of hydrogen-bond donors (Lipinski definition) is 1. The molecule has 1 aliphatic rings. The highest BCUT2D eigenvalue weighted by Gasteiger charge is 2.24. The van der Waals surface area contributed by atoms with E-state index in [4.69, 9.17) is 0 Å². The molecule has 28 heavy (non-hydrogen) atoms. The predicted octanol–water partition coefficient (Wildman–Crippen LogP) is 1.50. The third kappa shape index (κ3) is 3.62. The highest BCUT2D eigenvalue weighted by Crippen LogP contribution is 2.22. The molecular weight excluding hydrogens is 356 g/mol. The number of anilines is 1. The number of nitrogens with one attached hydrogen (secondary N) is 1. The Balaban J connectivity index is 1.41. The topological polar surface area (TPSA) is 95.1 Å². The van der Waals surface area contributed by atoms with Crippen molar-refractivity contribution >= 4 is 11.7 Å². The van der Waals surface area contributed by atoms with Crippen molar-refractivity contribution in [3.8, 4) is 11.3 Å². The number of H-pyrrole nitrogens is 1. The SMILES string of the molecule is Cc1ccccc1-c1ccc(N2CCN(C(=O)c3ccc(=O)[nH]n3)CC2)nn1. The molecule has 4 rings (SSSR count). The number of aromatic nitrogens is 4. The third-order valence-corrected chi connectivity index (χ3v) is 4.86. The van der Waals surface area contributed by atoms with Gasteiger partial charge in [0.15, 0.2) is 5.82 Å². The zero-order valence-electron chi connectivity index (χ0n) is 15.5. The zero-order chi connectivity index (χ0) is 19.5. The molecule has 0 unspecified atom stereocenters. The third-order valence-electron chi connectivity index (χ3n) is 4.86. The first-order chi connectivity index (χ1) is 13.6. The van der Waals surface area contributed by atoms with E-state index in [1.165, 1.54) is 12.1 Å². The van der Waals surface area contributed by atoms with Gasteiger partial charge in [0, 0.05) is 37.8 Å². The summed E-state index contributed by atoms with van der Waals surface area (Å²) in [7, 11) is 0. The quantitative estimate of drug-likeness (QED) is 0.744. The lowest BCUT2D eigenvalue weighted by Crippen LogP contribution is -2.49. The van der Waals surface area contributed by atoms with Crippen LogP contribution in [0.2, 0.25) is 0 Å². The van der Waals surface area contributed by atoms with Crippen LogP contribution >= 0.6 is 0 Å². The molecule has 8 nitrogen and oxygen atoms in total. The van der Waals surface area contributed by atoms with Gasteiger partial charge in [0.25, 0.3) is 11.5 Å². The van der Waals surface area contributed by atoms with Crippen LogP contribution in [-0.4, -0.2) is 57.4 Å². The maximum absolute atomic E-state index is 12.5. The summed E-state index contributed by atoms with van der Waals surface area (Å²) < 4.78 is 0. The molecule has 1 aromatic carbocycles. The van der Waals surface area contributed by atoms with Crippen LogP contribution in [0.4, 0.5) is 5.82 Å². The van der Waals surface area contributed by atoms with Crippen molar-refractivity contribution < 1.29 is 4.79 Å². The molecule has 3 heterocycles.